The third kappa shape index (κ3) is 2.81. The lowest BCUT2D eigenvalue weighted by Gasteiger charge is -2.19. The Morgan fingerprint density at radius 1 is 1.18 bits per heavy atom. The maximum Gasteiger partial charge on any atom is 0.307 e. The summed E-state index contributed by atoms with van der Waals surface area (Å²) in [5.41, 5.74) is 2.77. The van der Waals surface area contributed by atoms with Gasteiger partial charge in [-0.1, -0.05) is 35.9 Å². The summed E-state index contributed by atoms with van der Waals surface area (Å²) < 4.78 is 0. The smallest absolute Gasteiger partial charge is 0.307 e. The largest absolute Gasteiger partial charge is 0.481 e. The number of hydrogen-bond acceptors (Lipinski definition) is 2. The van der Waals surface area contributed by atoms with Gasteiger partial charge in [0.25, 0.3) is 0 Å². The molecule has 88 valence electrons. The average molecular weight is 230 g/mol. The predicted octanol–water partition coefficient (Wildman–Crippen LogP) is 2.67. The zero-order chi connectivity index (χ0) is 12.3. The van der Waals surface area contributed by atoms with Gasteiger partial charge < -0.3 is 5.11 Å². The van der Waals surface area contributed by atoms with Crippen LogP contribution in [0, 0.1) is 0 Å². The number of carboxylic acid groups (broad SMARTS) is 1. The summed E-state index contributed by atoms with van der Waals surface area (Å²) in [5, 5.41) is 8.88. The quantitative estimate of drug-likeness (QED) is 0.868. The van der Waals surface area contributed by atoms with E-state index in [0.717, 1.165) is 16.7 Å². The van der Waals surface area contributed by atoms with E-state index < -0.39 is 5.97 Å². The molecule has 17 heavy (non-hydrogen) atoms. The number of hydrogen-bond donors (Lipinski definition) is 1. The number of carbonyl (C=O) groups excluding carboxylic acids is 1. The predicted molar refractivity (Wildman–Crippen MR) is 64.5 cm³/mol. The van der Waals surface area contributed by atoms with Crippen LogP contribution in [0.2, 0.25) is 0 Å². The highest BCUT2D eigenvalue weighted by atomic mass is 16.4. The number of ketones is 1. The van der Waals surface area contributed by atoms with Gasteiger partial charge in [-0.25, -0.2) is 0 Å². The van der Waals surface area contributed by atoms with Crippen LogP contribution in [0.25, 0.3) is 5.57 Å². The number of allylic oxidation sites excluding steroid dienone is 1. The van der Waals surface area contributed by atoms with Crippen molar-refractivity contribution in [3.63, 3.8) is 0 Å². The molecule has 0 unspecified atom stereocenters. The number of carboxylic acids is 1. The first-order valence-corrected chi connectivity index (χ1v) is 5.66. The molecule has 0 amide bonds. The maximum atomic E-state index is 11.5. The second kappa shape index (κ2) is 4.95. The van der Waals surface area contributed by atoms with Gasteiger partial charge in [0.1, 0.15) is 5.78 Å². The van der Waals surface area contributed by atoms with Crippen LogP contribution in [0.1, 0.15) is 31.2 Å². The van der Waals surface area contributed by atoms with Crippen LogP contribution in [0.5, 0.6) is 0 Å². The van der Waals surface area contributed by atoms with Crippen molar-refractivity contribution in [3.8, 4) is 0 Å². The molecule has 1 aliphatic carbocycles. The number of aliphatic carboxylic acids is 1. The molecular weight excluding hydrogens is 216 g/mol. The van der Waals surface area contributed by atoms with Gasteiger partial charge in [-0.2, -0.15) is 0 Å². The maximum absolute atomic E-state index is 11.5. The fourth-order valence-corrected chi connectivity index (χ4v) is 2.17. The molecule has 1 aliphatic rings. The van der Waals surface area contributed by atoms with E-state index in [1.165, 1.54) is 0 Å². The summed E-state index contributed by atoms with van der Waals surface area (Å²) in [6.07, 6.45) is 1.46. The summed E-state index contributed by atoms with van der Waals surface area (Å²) in [5.74, 6) is -0.638. The molecule has 3 nitrogen and oxygen atoms in total. The normalized spacial score (nSPS) is 16.1. The van der Waals surface area contributed by atoms with E-state index in [-0.39, 0.29) is 12.2 Å². The van der Waals surface area contributed by atoms with Crippen molar-refractivity contribution in [2.45, 2.75) is 25.7 Å². The van der Waals surface area contributed by atoms with Gasteiger partial charge in [0.05, 0.1) is 6.42 Å². The summed E-state index contributed by atoms with van der Waals surface area (Å²) in [6, 6.07) is 9.57. The van der Waals surface area contributed by atoms with Crippen LogP contribution in [-0.4, -0.2) is 16.9 Å². The minimum absolute atomic E-state index is 0.0392. The number of benzene rings is 1. The number of rotatable bonds is 3. The molecule has 0 atom stereocenters. The van der Waals surface area contributed by atoms with Crippen LogP contribution in [0.4, 0.5) is 0 Å². The van der Waals surface area contributed by atoms with Crippen LogP contribution in [0.15, 0.2) is 35.9 Å². The molecule has 1 aromatic carbocycles. The molecule has 3 heteroatoms. The van der Waals surface area contributed by atoms with Gasteiger partial charge in [-0.05, 0) is 17.6 Å². The van der Waals surface area contributed by atoms with Crippen molar-refractivity contribution in [1.82, 2.24) is 0 Å². The zero-order valence-electron chi connectivity index (χ0n) is 9.48. The van der Waals surface area contributed by atoms with Crippen molar-refractivity contribution >= 4 is 17.3 Å². The van der Waals surface area contributed by atoms with E-state index in [9.17, 15) is 9.59 Å². The number of Topliss-reactive ketones (excluding diaryl/α,β-unsaturated/α-hetero) is 1. The van der Waals surface area contributed by atoms with E-state index in [1.807, 2.05) is 30.3 Å². The molecule has 0 heterocycles. The third-order valence-corrected chi connectivity index (χ3v) is 2.99. The van der Waals surface area contributed by atoms with E-state index in [0.29, 0.717) is 19.3 Å². The molecule has 0 spiro atoms. The standard InChI is InChI=1S/C14H14O3/c15-12-7-6-11(8-14(16)17)13(9-12)10-4-2-1-3-5-10/h1-5H,6-9H2,(H,16,17). The van der Waals surface area contributed by atoms with Crippen LogP contribution < -0.4 is 0 Å². The molecule has 0 saturated heterocycles. The Kier molecular flexibility index (Phi) is 3.38. The molecule has 1 N–H and O–H groups in total. The van der Waals surface area contributed by atoms with Crippen LogP contribution in [0.3, 0.4) is 0 Å². The first-order chi connectivity index (χ1) is 8.16. The molecule has 2 rings (SSSR count). The molecule has 0 saturated carbocycles. The highest BCUT2D eigenvalue weighted by Gasteiger charge is 2.20. The SMILES string of the molecule is O=C(O)CC1=C(c2ccccc2)CC(=O)CC1. The minimum Gasteiger partial charge on any atom is -0.481 e. The lowest BCUT2D eigenvalue weighted by Crippen LogP contribution is -2.11. The monoisotopic (exact) mass is 230 g/mol. The molecule has 0 aliphatic heterocycles. The van der Waals surface area contributed by atoms with E-state index in [4.69, 9.17) is 5.11 Å². The average Bonchev–Trinajstić information content (AvgIpc) is 2.32. The van der Waals surface area contributed by atoms with Gasteiger partial charge in [-0.3, -0.25) is 9.59 Å². The lowest BCUT2D eigenvalue weighted by molar-refractivity contribution is -0.136. The van der Waals surface area contributed by atoms with Crippen LogP contribution >= 0.6 is 0 Å². The highest BCUT2D eigenvalue weighted by Crippen LogP contribution is 2.32. The van der Waals surface area contributed by atoms with E-state index in [1.54, 1.807) is 0 Å². The van der Waals surface area contributed by atoms with Gasteiger partial charge in [-0.15, -0.1) is 0 Å². The molecule has 1 aromatic rings. The number of carbonyl (C=O) groups is 2. The lowest BCUT2D eigenvalue weighted by atomic mass is 9.85. The van der Waals surface area contributed by atoms with Crippen LogP contribution in [-0.2, 0) is 9.59 Å². The Balaban J connectivity index is 2.39. The second-order valence-corrected chi connectivity index (χ2v) is 4.23. The molecule has 0 radical (unpaired) electrons. The first-order valence-electron chi connectivity index (χ1n) is 5.66. The van der Waals surface area contributed by atoms with Gasteiger partial charge in [0, 0.05) is 12.8 Å². The summed E-state index contributed by atoms with van der Waals surface area (Å²) >= 11 is 0. The van der Waals surface area contributed by atoms with Gasteiger partial charge in [0.15, 0.2) is 0 Å². The molecule has 0 bridgehead atoms. The van der Waals surface area contributed by atoms with Crippen molar-refractivity contribution in [1.29, 1.82) is 0 Å². The van der Waals surface area contributed by atoms with E-state index >= 15 is 0 Å². The molecule has 0 fully saturated rings. The Morgan fingerprint density at radius 2 is 1.88 bits per heavy atom. The first kappa shape index (κ1) is 11.6. The Labute approximate surface area is 99.8 Å². The zero-order valence-corrected chi connectivity index (χ0v) is 9.48. The van der Waals surface area contributed by atoms with Crippen molar-refractivity contribution in [3.05, 3.63) is 41.5 Å². The third-order valence-electron chi connectivity index (χ3n) is 2.99. The van der Waals surface area contributed by atoms with Crippen molar-refractivity contribution in [2.24, 2.45) is 0 Å². The van der Waals surface area contributed by atoms with E-state index in [2.05, 4.69) is 0 Å². The minimum atomic E-state index is -0.831. The fraction of sp³-hybridized carbons (Fsp3) is 0.286. The fourth-order valence-electron chi connectivity index (χ4n) is 2.17. The Bertz CT molecular complexity index is 472. The Morgan fingerprint density at radius 3 is 2.53 bits per heavy atom. The van der Waals surface area contributed by atoms with Crippen molar-refractivity contribution < 1.29 is 14.7 Å². The highest BCUT2D eigenvalue weighted by molar-refractivity contribution is 5.94. The molecular formula is C14H14O3. The summed E-state index contributed by atoms with van der Waals surface area (Å²) in [7, 11) is 0. The second-order valence-electron chi connectivity index (χ2n) is 4.23. The summed E-state index contributed by atoms with van der Waals surface area (Å²) in [6.45, 7) is 0. The van der Waals surface area contributed by atoms with Gasteiger partial charge >= 0.3 is 5.97 Å². The van der Waals surface area contributed by atoms with Gasteiger partial charge in [0.2, 0.25) is 0 Å². The van der Waals surface area contributed by atoms with Crippen molar-refractivity contribution in [2.75, 3.05) is 0 Å². The Hall–Kier alpha value is -1.90. The molecule has 0 aromatic heterocycles. The topological polar surface area (TPSA) is 54.4 Å². The summed E-state index contributed by atoms with van der Waals surface area (Å²) in [4.78, 5) is 22.3.